The normalized spacial score (nSPS) is 46.8. The van der Waals surface area contributed by atoms with Crippen LogP contribution in [-0.2, 0) is 9.53 Å². The van der Waals surface area contributed by atoms with E-state index in [4.69, 9.17) is 4.74 Å². The van der Waals surface area contributed by atoms with E-state index in [0.717, 1.165) is 41.9 Å². The molecule has 4 fully saturated rings. The standard InChI is InChI=1S/C29H50O3/c1-19(2)8-7-9-20(3)23-12-13-24-22-11-10-21-18-29(31,26(30)32-6)17-16-27(21,4)25(22)14-15-28(23,24)5/h19-25,31H,7-18H2,1-6H3/t20-,21+,22+,23-,24+,25+,27+,28-,29?/m1/s1. The van der Waals surface area contributed by atoms with E-state index >= 15 is 0 Å². The van der Waals surface area contributed by atoms with Crippen molar-refractivity contribution in [2.45, 2.75) is 117 Å². The summed E-state index contributed by atoms with van der Waals surface area (Å²) in [4.78, 5) is 12.3. The number of carbonyl (C=O) groups is 1. The van der Waals surface area contributed by atoms with Crippen LogP contribution in [0.1, 0.15) is 112 Å². The Hall–Kier alpha value is -0.570. The fourth-order valence-electron chi connectivity index (χ4n) is 9.65. The summed E-state index contributed by atoms with van der Waals surface area (Å²) in [5.41, 5.74) is -0.437. The van der Waals surface area contributed by atoms with E-state index < -0.39 is 11.6 Å². The van der Waals surface area contributed by atoms with Crippen LogP contribution in [0.5, 0.6) is 0 Å². The minimum absolute atomic E-state index is 0.283. The topological polar surface area (TPSA) is 46.5 Å². The summed E-state index contributed by atoms with van der Waals surface area (Å²) in [6.45, 7) is 12.4. The van der Waals surface area contributed by atoms with E-state index in [1.807, 2.05) is 0 Å². The fourth-order valence-corrected chi connectivity index (χ4v) is 9.65. The molecule has 3 heteroatoms. The number of esters is 1. The molecule has 0 spiro atoms. The van der Waals surface area contributed by atoms with E-state index in [2.05, 4.69) is 34.6 Å². The summed E-state index contributed by atoms with van der Waals surface area (Å²) in [5.74, 6) is 5.15. The molecule has 3 nitrogen and oxygen atoms in total. The molecule has 4 saturated carbocycles. The van der Waals surface area contributed by atoms with Crippen LogP contribution in [0.15, 0.2) is 0 Å². The molecular formula is C29H50O3. The van der Waals surface area contributed by atoms with Crippen LogP contribution in [0.4, 0.5) is 0 Å². The number of carbonyl (C=O) groups excluding carboxylic acids is 1. The number of fused-ring (bicyclic) bond motifs is 5. The van der Waals surface area contributed by atoms with Crippen molar-refractivity contribution in [1.82, 2.24) is 0 Å². The Kier molecular flexibility index (Phi) is 6.83. The fraction of sp³-hybridized carbons (Fsp3) is 0.966. The van der Waals surface area contributed by atoms with Crippen molar-refractivity contribution in [2.75, 3.05) is 7.11 Å². The highest BCUT2D eigenvalue weighted by molar-refractivity contribution is 5.79. The minimum Gasteiger partial charge on any atom is -0.467 e. The molecule has 32 heavy (non-hydrogen) atoms. The van der Waals surface area contributed by atoms with Gasteiger partial charge < -0.3 is 9.84 Å². The Morgan fingerprint density at radius 2 is 1.66 bits per heavy atom. The number of methoxy groups -OCH3 is 1. The quantitative estimate of drug-likeness (QED) is 0.446. The van der Waals surface area contributed by atoms with Crippen LogP contribution in [0, 0.1) is 52.3 Å². The van der Waals surface area contributed by atoms with Gasteiger partial charge in [0, 0.05) is 0 Å². The summed E-state index contributed by atoms with van der Waals surface area (Å²) >= 11 is 0. The van der Waals surface area contributed by atoms with Crippen LogP contribution < -0.4 is 0 Å². The maximum absolute atomic E-state index is 12.3. The Morgan fingerprint density at radius 1 is 0.938 bits per heavy atom. The first-order valence-corrected chi connectivity index (χ1v) is 13.9. The second-order valence-electron chi connectivity index (χ2n) is 13.4. The molecule has 4 aliphatic rings. The van der Waals surface area contributed by atoms with Crippen molar-refractivity contribution in [3.8, 4) is 0 Å². The molecule has 1 N–H and O–H groups in total. The van der Waals surface area contributed by atoms with Crippen LogP contribution in [0.3, 0.4) is 0 Å². The van der Waals surface area contributed by atoms with Crippen LogP contribution in [-0.4, -0.2) is 23.8 Å². The first kappa shape index (κ1) is 24.6. The maximum Gasteiger partial charge on any atom is 0.337 e. The summed E-state index contributed by atoms with van der Waals surface area (Å²) < 4.78 is 4.97. The number of ether oxygens (including phenoxy) is 1. The number of aliphatic hydroxyl groups is 1. The van der Waals surface area contributed by atoms with Crippen molar-refractivity contribution in [1.29, 1.82) is 0 Å². The predicted octanol–water partition coefficient (Wildman–Crippen LogP) is 7.01. The zero-order valence-electron chi connectivity index (χ0n) is 21.8. The van der Waals surface area contributed by atoms with E-state index in [1.165, 1.54) is 64.9 Å². The molecule has 0 amide bonds. The van der Waals surface area contributed by atoms with Crippen LogP contribution >= 0.6 is 0 Å². The van der Waals surface area contributed by atoms with Gasteiger partial charge in [0.1, 0.15) is 0 Å². The average Bonchev–Trinajstić information content (AvgIpc) is 3.10. The highest BCUT2D eigenvalue weighted by Gasteiger charge is 2.62. The number of hydrogen-bond donors (Lipinski definition) is 1. The van der Waals surface area contributed by atoms with Crippen molar-refractivity contribution >= 4 is 5.97 Å². The Balaban J connectivity index is 1.46. The lowest BCUT2D eigenvalue weighted by atomic mass is 9.43. The van der Waals surface area contributed by atoms with Gasteiger partial charge in [0.05, 0.1) is 7.11 Å². The summed E-state index contributed by atoms with van der Waals surface area (Å²) in [6, 6.07) is 0. The Morgan fingerprint density at radius 3 is 2.34 bits per heavy atom. The molecule has 1 unspecified atom stereocenters. The lowest BCUT2D eigenvalue weighted by molar-refractivity contribution is -0.185. The lowest BCUT2D eigenvalue weighted by Gasteiger charge is -2.62. The molecule has 184 valence electrons. The minimum atomic E-state index is -1.25. The summed E-state index contributed by atoms with van der Waals surface area (Å²) in [5, 5.41) is 11.0. The zero-order chi connectivity index (χ0) is 23.3. The largest absolute Gasteiger partial charge is 0.467 e. The van der Waals surface area contributed by atoms with Crippen LogP contribution in [0.2, 0.25) is 0 Å². The van der Waals surface area contributed by atoms with Crippen molar-refractivity contribution in [2.24, 2.45) is 52.3 Å². The number of rotatable bonds is 6. The monoisotopic (exact) mass is 446 g/mol. The summed E-state index contributed by atoms with van der Waals surface area (Å²) in [6.07, 6.45) is 14.4. The molecule has 0 heterocycles. The smallest absolute Gasteiger partial charge is 0.337 e. The SMILES string of the molecule is COC(=O)C1(O)CC[C@@]2(C)[C@@H](CC[C@@H]3[C@@H]2CC[C@]2(C)[C@@H]([C@H](C)CCCC(C)C)CC[C@@H]32)C1. The van der Waals surface area contributed by atoms with Crippen molar-refractivity contribution in [3.63, 3.8) is 0 Å². The molecular weight excluding hydrogens is 396 g/mol. The van der Waals surface area contributed by atoms with E-state index in [-0.39, 0.29) is 5.41 Å². The number of hydrogen-bond acceptors (Lipinski definition) is 3. The van der Waals surface area contributed by atoms with Gasteiger partial charge in [-0.1, -0.05) is 53.9 Å². The second kappa shape index (κ2) is 8.90. The Labute approximate surface area is 197 Å². The molecule has 0 saturated heterocycles. The van der Waals surface area contributed by atoms with Gasteiger partial charge in [-0.15, -0.1) is 0 Å². The molecule has 9 atom stereocenters. The molecule has 0 aliphatic heterocycles. The molecule has 0 radical (unpaired) electrons. The zero-order valence-corrected chi connectivity index (χ0v) is 21.8. The first-order chi connectivity index (χ1) is 15.0. The van der Waals surface area contributed by atoms with E-state index in [0.29, 0.717) is 24.2 Å². The first-order valence-electron chi connectivity index (χ1n) is 13.9. The highest BCUT2D eigenvalue weighted by atomic mass is 16.5. The molecule has 0 bridgehead atoms. The van der Waals surface area contributed by atoms with Gasteiger partial charge in [-0.05, 0) is 110 Å². The average molecular weight is 447 g/mol. The van der Waals surface area contributed by atoms with Crippen LogP contribution in [0.25, 0.3) is 0 Å². The van der Waals surface area contributed by atoms with Crippen molar-refractivity contribution < 1.29 is 14.6 Å². The predicted molar refractivity (Wildman–Crippen MR) is 130 cm³/mol. The van der Waals surface area contributed by atoms with Gasteiger partial charge in [0.2, 0.25) is 0 Å². The molecule has 0 aromatic carbocycles. The molecule has 4 rings (SSSR count). The van der Waals surface area contributed by atoms with Crippen molar-refractivity contribution in [3.05, 3.63) is 0 Å². The lowest BCUT2D eigenvalue weighted by Crippen LogP contribution is -2.57. The second-order valence-corrected chi connectivity index (χ2v) is 13.4. The van der Waals surface area contributed by atoms with E-state index in [9.17, 15) is 9.90 Å². The van der Waals surface area contributed by atoms with Gasteiger partial charge in [-0.25, -0.2) is 4.79 Å². The maximum atomic E-state index is 12.3. The third kappa shape index (κ3) is 3.97. The molecule has 4 aliphatic carbocycles. The third-order valence-corrected chi connectivity index (χ3v) is 11.5. The van der Waals surface area contributed by atoms with Gasteiger partial charge in [-0.2, -0.15) is 0 Å². The van der Waals surface area contributed by atoms with Gasteiger partial charge in [-0.3, -0.25) is 0 Å². The van der Waals surface area contributed by atoms with E-state index in [1.54, 1.807) is 0 Å². The highest BCUT2D eigenvalue weighted by Crippen LogP contribution is 2.69. The Bertz CT molecular complexity index is 688. The van der Waals surface area contributed by atoms with Gasteiger partial charge in [0.15, 0.2) is 5.60 Å². The van der Waals surface area contributed by atoms with Gasteiger partial charge >= 0.3 is 5.97 Å². The van der Waals surface area contributed by atoms with Gasteiger partial charge in [0.25, 0.3) is 0 Å². The molecule has 0 aromatic heterocycles. The third-order valence-electron chi connectivity index (χ3n) is 11.5. The molecule has 0 aromatic rings. The summed E-state index contributed by atoms with van der Waals surface area (Å²) in [7, 11) is 1.41.